The molecule has 1 saturated carbocycles. The average molecular weight is 521 g/mol. The molecule has 2 N–H and O–H groups in total. The molecule has 0 bridgehead atoms. The second-order valence-corrected chi connectivity index (χ2v) is 10.3. The number of ketones is 1. The first kappa shape index (κ1) is 30.3. The summed E-state index contributed by atoms with van der Waals surface area (Å²) < 4.78 is 5.69. The van der Waals surface area contributed by atoms with Crippen LogP contribution in [0.5, 0.6) is 0 Å². The summed E-state index contributed by atoms with van der Waals surface area (Å²) in [6.45, 7) is 4.16. The Morgan fingerprint density at radius 3 is 2.31 bits per heavy atom. The van der Waals surface area contributed by atoms with Gasteiger partial charge < -0.3 is 15.4 Å². The lowest BCUT2D eigenvalue weighted by Gasteiger charge is -2.20. The molecule has 0 aliphatic heterocycles. The third-order valence-corrected chi connectivity index (χ3v) is 7.08. The van der Waals surface area contributed by atoms with Crippen molar-refractivity contribution in [3.8, 4) is 0 Å². The molecule has 1 fully saturated rings. The molecule has 36 heavy (non-hydrogen) atoms. The third-order valence-electron chi connectivity index (χ3n) is 6.75. The number of unbranched alkanes of at least 4 members (excludes halogenated alkanes) is 9. The second kappa shape index (κ2) is 18.3. The molecule has 0 heterocycles. The highest BCUT2D eigenvalue weighted by molar-refractivity contribution is 6.34. The van der Waals surface area contributed by atoms with Crippen LogP contribution in [0.1, 0.15) is 114 Å². The first-order valence-corrected chi connectivity index (χ1v) is 14.4. The Bertz CT molecular complexity index is 814. The van der Waals surface area contributed by atoms with Gasteiger partial charge in [-0.25, -0.2) is 0 Å². The fraction of sp³-hybridized carbons (Fsp3) is 0.690. The number of ether oxygens (including phenoxy) is 1. The summed E-state index contributed by atoms with van der Waals surface area (Å²) in [5.41, 5.74) is 0.767. The fourth-order valence-electron chi connectivity index (χ4n) is 4.51. The van der Waals surface area contributed by atoms with Crippen LogP contribution in [0.25, 0.3) is 0 Å². The summed E-state index contributed by atoms with van der Waals surface area (Å²) in [6, 6.07) is 4.77. The highest BCUT2D eigenvalue weighted by atomic mass is 35.5. The van der Waals surface area contributed by atoms with Gasteiger partial charge in [-0.1, -0.05) is 82.7 Å². The highest BCUT2D eigenvalue weighted by Crippen LogP contribution is 2.26. The molecule has 1 aromatic rings. The molecular weight excluding hydrogens is 476 g/mol. The summed E-state index contributed by atoms with van der Waals surface area (Å²) >= 11 is 6.22. The Balaban J connectivity index is 1.56. The Morgan fingerprint density at radius 1 is 0.944 bits per heavy atom. The number of Topliss-reactive ketones (excluding diaryl/α,β-unsaturated/α-hetero) is 1. The van der Waals surface area contributed by atoms with Crippen LogP contribution in [0.15, 0.2) is 18.2 Å². The molecule has 0 radical (unpaired) electrons. The molecule has 2 rings (SSSR count). The van der Waals surface area contributed by atoms with Crippen LogP contribution in [0.3, 0.4) is 0 Å². The lowest BCUT2D eigenvalue weighted by atomic mass is 9.87. The van der Waals surface area contributed by atoms with Crippen LogP contribution in [-0.2, 0) is 14.3 Å². The van der Waals surface area contributed by atoms with E-state index in [-0.39, 0.29) is 17.6 Å². The molecule has 1 aliphatic rings. The normalized spacial score (nSPS) is 15.6. The maximum atomic E-state index is 12.5. The zero-order valence-corrected chi connectivity index (χ0v) is 22.8. The molecule has 1 aliphatic carbocycles. The molecule has 7 heteroatoms. The van der Waals surface area contributed by atoms with Crippen LogP contribution < -0.4 is 10.6 Å². The van der Waals surface area contributed by atoms with Crippen molar-refractivity contribution in [2.45, 2.75) is 103 Å². The summed E-state index contributed by atoms with van der Waals surface area (Å²) in [5, 5.41) is 5.96. The van der Waals surface area contributed by atoms with E-state index < -0.39 is 5.92 Å². The molecule has 1 aromatic carbocycles. The topological polar surface area (TPSA) is 84.5 Å². The van der Waals surface area contributed by atoms with Crippen LogP contribution in [-0.4, -0.2) is 37.4 Å². The first-order chi connectivity index (χ1) is 17.5. The molecule has 1 unspecified atom stereocenters. The maximum Gasteiger partial charge on any atom is 0.251 e. The molecule has 2 amide bonds. The fourth-order valence-corrected chi connectivity index (χ4v) is 4.68. The van der Waals surface area contributed by atoms with E-state index in [0.29, 0.717) is 42.3 Å². The first-order valence-electron chi connectivity index (χ1n) is 14.0. The van der Waals surface area contributed by atoms with E-state index in [0.717, 1.165) is 32.3 Å². The number of anilines is 1. The maximum absolute atomic E-state index is 12.5. The van der Waals surface area contributed by atoms with Gasteiger partial charge in [0.2, 0.25) is 5.91 Å². The molecule has 202 valence electrons. The van der Waals surface area contributed by atoms with Crippen molar-refractivity contribution in [3.05, 3.63) is 28.8 Å². The van der Waals surface area contributed by atoms with Crippen molar-refractivity contribution in [1.29, 1.82) is 0 Å². The number of nitrogens with one attached hydrogen (secondary N) is 2. The smallest absolute Gasteiger partial charge is 0.251 e. The number of carbonyl (C=O) groups is 3. The van der Waals surface area contributed by atoms with Crippen molar-refractivity contribution >= 4 is 34.9 Å². The minimum absolute atomic E-state index is 0.0286. The van der Waals surface area contributed by atoms with Crippen LogP contribution >= 0.6 is 11.6 Å². The van der Waals surface area contributed by atoms with Gasteiger partial charge in [0.15, 0.2) is 0 Å². The number of amides is 2. The van der Waals surface area contributed by atoms with Crippen molar-refractivity contribution in [1.82, 2.24) is 5.32 Å². The number of benzene rings is 1. The van der Waals surface area contributed by atoms with E-state index in [2.05, 4.69) is 17.6 Å². The number of halogens is 1. The molecule has 0 aromatic heterocycles. The third kappa shape index (κ3) is 11.9. The molecular formula is C29H45ClN2O4. The van der Waals surface area contributed by atoms with Gasteiger partial charge in [0, 0.05) is 31.7 Å². The Morgan fingerprint density at radius 2 is 1.61 bits per heavy atom. The van der Waals surface area contributed by atoms with Crippen molar-refractivity contribution < 1.29 is 19.1 Å². The van der Waals surface area contributed by atoms with Crippen LogP contribution in [0.4, 0.5) is 5.69 Å². The van der Waals surface area contributed by atoms with Crippen molar-refractivity contribution in [2.24, 2.45) is 5.92 Å². The minimum Gasteiger partial charge on any atom is -0.381 e. The minimum atomic E-state index is -0.632. The monoisotopic (exact) mass is 520 g/mol. The van der Waals surface area contributed by atoms with Crippen molar-refractivity contribution in [3.63, 3.8) is 0 Å². The lowest BCUT2D eigenvalue weighted by Crippen LogP contribution is -2.32. The molecule has 0 spiro atoms. The average Bonchev–Trinajstić information content (AvgIpc) is 2.87. The van der Waals surface area contributed by atoms with Gasteiger partial charge >= 0.3 is 0 Å². The van der Waals surface area contributed by atoms with Gasteiger partial charge in [-0.2, -0.15) is 0 Å². The van der Waals surface area contributed by atoms with Gasteiger partial charge in [0.05, 0.1) is 16.6 Å². The summed E-state index contributed by atoms with van der Waals surface area (Å²) in [4.78, 5) is 37.1. The number of carbonyl (C=O) groups excluding carboxylic acids is 3. The van der Waals surface area contributed by atoms with E-state index in [1.165, 1.54) is 57.8 Å². The number of rotatable bonds is 18. The molecule has 6 nitrogen and oxygen atoms in total. The zero-order chi connectivity index (χ0) is 26.0. The standard InChI is InChI=1S/C29H45ClN2O4/c1-2-3-4-5-6-7-8-9-10-13-20-36-21-14-19-31-28(34)23-17-18-25(30)26(22-23)32-29(35)24-15-11-12-16-27(24)33/h17-18,22,24H,2-16,19-21H2,1H3,(H,31,34)(H,32,35). The van der Waals surface area contributed by atoms with E-state index >= 15 is 0 Å². The van der Waals surface area contributed by atoms with Crippen LogP contribution in [0, 0.1) is 5.92 Å². The number of hydrogen-bond donors (Lipinski definition) is 2. The van der Waals surface area contributed by atoms with E-state index in [9.17, 15) is 14.4 Å². The molecule has 0 saturated heterocycles. The van der Waals surface area contributed by atoms with E-state index in [1.54, 1.807) is 18.2 Å². The largest absolute Gasteiger partial charge is 0.381 e. The van der Waals surface area contributed by atoms with E-state index in [4.69, 9.17) is 16.3 Å². The van der Waals surface area contributed by atoms with Crippen LogP contribution in [0.2, 0.25) is 5.02 Å². The Labute approximate surface area is 222 Å². The molecule has 1 atom stereocenters. The SMILES string of the molecule is CCCCCCCCCCCCOCCCNC(=O)c1ccc(Cl)c(NC(=O)C2CCCCC2=O)c1. The van der Waals surface area contributed by atoms with E-state index in [1.807, 2.05) is 0 Å². The summed E-state index contributed by atoms with van der Waals surface area (Å²) in [5.74, 6) is -1.24. The van der Waals surface area contributed by atoms with Gasteiger partial charge in [-0.15, -0.1) is 0 Å². The summed E-state index contributed by atoms with van der Waals surface area (Å²) in [7, 11) is 0. The van der Waals surface area contributed by atoms with Gasteiger partial charge in [0.25, 0.3) is 5.91 Å². The summed E-state index contributed by atoms with van der Waals surface area (Å²) in [6.07, 6.45) is 16.5. The lowest BCUT2D eigenvalue weighted by molar-refractivity contribution is -0.132. The van der Waals surface area contributed by atoms with Gasteiger partial charge in [-0.3, -0.25) is 14.4 Å². The zero-order valence-electron chi connectivity index (χ0n) is 22.0. The predicted molar refractivity (Wildman–Crippen MR) is 147 cm³/mol. The quantitative estimate of drug-likeness (QED) is 0.160. The Hall–Kier alpha value is -1.92. The van der Waals surface area contributed by atoms with Gasteiger partial charge in [-0.05, 0) is 43.9 Å². The van der Waals surface area contributed by atoms with Gasteiger partial charge in [0.1, 0.15) is 5.78 Å². The predicted octanol–water partition coefficient (Wildman–Crippen LogP) is 7.10. The Kier molecular flexibility index (Phi) is 15.4. The second-order valence-electron chi connectivity index (χ2n) is 9.85. The number of hydrogen-bond acceptors (Lipinski definition) is 4. The van der Waals surface area contributed by atoms with Crippen molar-refractivity contribution in [2.75, 3.05) is 25.1 Å². The highest BCUT2D eigenvalue weighted by Gasteiger charge is 2.29.